The lowest BCUT2D eigenvalue weighted by Crippen LogP contribution is -2.39. The first kappa shape index (κ1) is 14.7. The minimum atomic E-state index is -0.811. The van der Waals surface area contributed by atoms with Gasteiger partial charge in [-0.3, -0.25) is 4.79 Å². The van der Waals surface area contributed by atoms with Crippen molar-refractivity contribution < 1.29 is 14.6 Å². The third-order valence-corrected chi connectivity index (χ3v) is 2.95. The third kappa shape index (κ3) is 4.85. The van der Waals surface area contributed by atoms with E-state index in [1.807, 2.05) is 37.3 Å². The molecule has 2 atom stereocenters. The molecule has 1 aromatic carbocycles. The summed E-state index contributed by atoms with van der Waals surface area (Å²) in [4.78, 5) is 11.2. The van der Waals surface area contributed by atoms with E-state index in [0.29, 0.717) is 19.6 Å². The van der Waals surface area contributed by atoms with E-state index in [1.165, 1.54) is 0 Å². The zero-order chi connectivity index (χ0) is 13.4. The van der Waals surface area contributed by atoms with E-state index < -0.39 is 12.0 Å². The van der Waals surface area contributed by atoms with Gasteiger partial charge in [0.2, 0.25) is 0 Å². The molecule has 100 valence electrons. The summed E-state index contributed by atoms with van der Waals surface area (Å²) in [5.41, 5.74) is 1.16. The number of hydrogen-bond donors (Lipinski definition) is 2. The quantitative estimate of drug-likeness (QED) is 0.692. The van der Waals surface area contributed by atoms with Crippen LogP contribution in [0.25, 0.3) is 0 Å². The molecular formula is C14H21NO3. The summed E-state index contributed by atoms with van der Waals surface area (Å²) >= 11 is 0. The highest BCUT2D eigenvalue weighted by Crippen LogP contribution is 2.20. The van der Waals surface area contributed by atoms with E-state index in [1.54, 1.807) is 7.11 Å². The zero-order valence-electron chi connectivity index (χ0n) is 10.9. The molecule has 1 rings (SSSR count). The highest BCUT2D eigenvalue weighted by Gasteiger charge is 2.20. The van der Waals surface area contributed by atoms with E-state index >= 15 is 0 Å². The molecule has 0 bridgehead atoms. The molecule has 0 aliphatic rings. The number of carboxylic acids is 1. The standard InChI is InChI=1S/C14H21NO3/c1-11(12-6-4-3-5-7-12)10-13(14(16)17)15-8-9-18-2/h3-7,11,13,15H,8-10H2,1-2H3,(H,16,17). The van der Waals surface area contributed by atoms with Crippen LogP contribution in [0.2, 0.25) is 0 Å². The lowest BCUT2D eigenvalue weighted by Gasteiger charge is -2.19. The number of carboxylic acid groups (broad SMARTS) is 1. The van der Waals surface area contributed by atoms with Gasteiger partial charge in [0, 0.05) is 13.7 Å². The summed E-state index contributed by atoms with van der Waals surface area (Å²) in [6, 6.07) is 9.43. The fraction of sp³-hybridized carbons (Fsp3) is 0.500. The molecule has 2 N–H and O–H groups in total. The monoisotopic (exact) mass is 251 g/mol. The van der Waals surface area contributed by atoms with Gasteiger partial charge in [-0.1, -0.05) is 37.3 Å². The number of carbonyl (C=O) groups is 1. The number of benzene rings is 1. The second-order valence-corrected chi connectivity index (χ2v) is 4.39. The van der Waals surface area contributed by atoms with Crippen molar-refractivity contribution in [1.29, 1.82) is 0 Å². The smallest absolute Gasteiger partial charge is 0.320 e. The maximum Gasteiger partial charge on any atom is 0.320 e. The van der Waals surface area contributed by atoms with Gasteiger partial charge >= 0.3 is 5.97 Å². The van der Waals surface area contributed by atoms with Crippen molar-refractivity contribution in [2.45, 2.75) is 25.3 Å². The fourth-order valence-electron chi connectivity index (χ4n) is 1.88. The van der Waals surface area contributed by atoms with Gasteiger partial charge in [-0.25, -0.2) is 0 Å². The second-order valence-electron chi connectivity index (χ2n) is 4.39. The summed E-state index contributed by atoms with van der Waals surface area (Å²) in [5, 5.41) is 12.2. The van der Waals surface area contributed by atoms with Crippen LogP contribution in [0.1, 0.15) is 24.8 Å². The molecule has 0 aromatic heterocycles. The van der Waals surface area contributed by atoms with Crippen LogP contribution in [0, 0.1) is 0 Å². The molecule has 0 amide bonds. The molecule has 0 saturated heterocycles. The lowest BCUT2D eigenvalue weighted by atomic mass is 9.94. The molecule has 4 heteroatoms. The number of nitrogens with one attached hydrogen (secondary N) is 1. The molecule has 0 radical (unpaired) electrons. The third-order valence-electron chi connectivity index (χ3n) is 2.95. The van der Waals surface area contributed by atoms with Crippen LogP contribution >= 0.6 is 0 Å². The van der Waals surface area contributed by atoms with Gasteiger partial charge in [-0.05, 0) is 17.9 Å². The van der Waals surface area contributed by atoms with Crippen molar-refractivity contribution >= 4 is 5.97 Å². The summed E-state index contributed by atoms with van der Waals surface area (Å²) in [6.45, 7) is 3.11. The molecule has 0 heterocycles. The predicted molar refractivity (Wildman–Crippen MR) is 70.8 cm³/mol. The first-order valence-corrected chi connectivity index (χ1v) is 6.15. The number of ether oxygens (including phenoxy) is 1. The molecule has 0 aliphatic heterocycles. The van der Waals surface area contributed by atoms with E-state index in [9.17, 15) is 4.79 Å². The van der Waals surface area contributed by atoms with E-state index in [0.717, 1.165) is 5.56 Å². The van der Waals surface area contributed by atoms with Crippen molar-refractivity contribution in [3.05, 3.63) is 35.9 Å². The topological polar surface area (TPSA) is 58.6 Å². The van der Waals surface area contributed by atoms with Crippen molar-refractivity contribution in [2.75, 3.05) is 20.3 Å². The van der Waals surface area contributed by atoms with Crippen molar-refractivity contribution in [1.82, 2.24) is 5.32 Å². The van der Waals surface area contributed by atoms with Crippen molar-refractivity contribution in [3.8, 4) is 0 Å². The Morgan fingerprint density at radius 3 is 2.61 bits per heavy atom. The van der Waals surface area contributed by atoms with Crippen LogP contribution in [-0.2, 0) is 9.53 Å². The Bertz CT molecular complexity index is 353. The van der Waals surface area contributed by atoms with E-state index in [-0.39, 0.29) is 5.92 Å². The van der Waals surface area contributed by atoms with Gasteiger partial charge in [-0.2, -0.15) is 0 Å². The Kier molecular flexibility index (Phi) is 6.39. The van der Waals surface area contributed by atoms with E-state index in [4.69, 9.17) is 9.84 Å². The summed E-state index contributed by atoms with van der Waals surface area (Å²) in [7, 11) is 1.60. The van der Waals surface area contributed by atoms with Crippen LogP contribution in [0.4, 0.5) is 0 Å². The van der Waals surface area contributed by atoms with E-state index in [2.05, 4.69) is 5.32 Å². The Morgan fingerprint density at radius 2 is 2.06 bits per heavy atom. The molecule has 2 unspecified atom stereocenters. The number of rotatable bonds is 8. The average molecular weight is 251 g/mol. The van der Waals surface area contributed by atoms with Gasteiger partial charge in [0.15, 0.2) is 0 Å². The lowest BCUT2D eigenvalue weighted by molar-refractivity contribution is -0.139. The Labute approximate surface area is 108 Å². The highest BCUT2D eigenvalue weighted by atomic mass is 16.5. The number of methoxy groups -OCH3 is 1. The normalized spacial score (nSPS) is 14.1. The highest BCUT2D eigenvalue weighted by molar-refractivity contribution is 5.73. The molecule has 0 saturated carbocycles. The Balaban J connectivity index is 2.52. The minimum Gasteiger partial charge on any atom is -0.480 e. The molecule has 1 aromatic rings. The van der Waals surface area contributed by atoms with Gasteiger partial charge in [0.1, 0.15) is 6.04 Å². The first-order chi connectivity index (χ1) is 8.65. The van der Waals surface area contributed by atoms with Crippen molar-refractivity contribution in [3.63, 3.8) is 0 Å². The van der Waals surface area contributed by atoms with Crippen LogP contribution in [-0.4, -0.2) is 37.4 Å². The molecule has 0 fully saturated rings. The zero-order valence-corrected chi connectivity index (χ0v) is 10.9. The summed E-state index contributed by atoms with van der Waals surface area (Å²) in [6.07, 6.45) is 0.572. The number of aliphatic carboxylic acids is 1. The Morgan fingerprint density at radius 1 is 1.39 bits per heavy atom. The maximum absolute atomic E-state index is 11.2. The van der Waals surface area contributed by atoms with Gasteiger partial charge in [-0.15, -0.1) is 0 Å². The molecule has 0 aliphatic carbocycles. The Hall–Kier alpha value is -1.39. The molecule has 0 spiro atoms. The van der Waals surface area contributed by atoms with Crippen LogP contribution in [0.5, 0.6) is 0 Å². The molecule has 18 heavy (non-hydrogen) atoms. The van der Waals surface area contributed by atoms with Gasteiger partial charge in [0.05, 0.1) is 6.61 Å². The second kappa shape index (κ2) is 7.84. The molecular weight excluding hydrogens is 230 g/mol. The van der Waals surface area contributed by atoms with Gasteiger partial charge in [0.25, 0.3) is 0 Å². The summed E-state index contributed by atoms with van der Waals surface area (Å²) in [5.74, 6) is -0.601. The van der Waals surface area contributed by atoms with Crippen molar-refractivity contribution in [2.24, 2.45) is 0 Å². The van der Waals surface area contributed by atoms with Crippen LogP contribution < -0.4 is 5.32 Å². The van der Waals surface area contributed by atoms with Crippen LogP contribution in [0.3, 0.4) is 0 Å². The molecule has 4 nitrogen and oxygen atoms in total. The average Bonchev–Trinajstić information content (AvgIpc) is 2.38. The SMILES string of the molecule is COCCNC(CC(C)c1ccccc1)C(=O)O. The largest absolute Gasteiger partial charge is 0.480 e. The summed E-state index contributed by atoms with van der Waals surface area (Å²) < 4.78 is 4.91. The van der Waals surface area contributed by atoms with Gasteiger partial charge < -0.3 is 15.2 Å². The number of hydrogen-bond acceptors (Lipinski definition) is 3. The maximum atomic E-state index is 11.2. The first-order valence-electron chi connectivity index (χ1n) is 6.15. The fourth-order valence-corrected chi connectivity index (χ4v) is 1.88. The minimum absolute atomic E-state index is 0.211. The van der Waals surface area contributed by atoms with Crippen LogP contribution in [0.15, 0.2) is 30.3 Å². The predicted octanol–water partition coefficient (Wildman–Crippen LogP) is 1.87.